The van der Waals surface area contributed by atoms with Crippen LogP contribution in [0.25, 0.3) is 0 Å². The molecule has 0 radical (unpaired) electrons. The summed E-state index contributed by atoms with van der Waals surface area (Å²) in [4.78, 5) is 42.6. The summed E-state index contributed by atoms with van der Waals surface area (Å²) in [7, 11) is 0. The van der Waals surface area contributed by atoms with E-state index in [0.717, 1.165) is 42.4 Å². The zero-order valence-corrected chi connectivity index (χ0v) is 39.8. The minimum absolute atomic E-state index is 0.192. The monoisotopic (exact) mass is 930 g/mol. The third-order valence-electron chi connectivity index (χ3n) is 12.6. The van der Waals surface area contributed by atoms with E-state index in [1.807, 2.05) is 91.0 Å². The maximum Gasteiger partial charge on any atom is 0.338 e. The molecule has 360 valence electrons. The van der Waals surface area contributed by atoms with Gasteiger partial charge in [-0.25, -0.2) is 14.4 Å². The van der Waals surface area contributed by atoms with Crippen LogP contribution in [0.2, 0.25) is 0 Å². The van der Waals surface area contributed by atoms with Gasteiger partial charge in [0.15, 0.2) is 24.6 Å². The molecule has 0 aromatic heterocycles. The topological polar surface area (TPSA) is 107 Å². The number of benzene rings is 6. The molecule has 0 aliphatic carbocycles. The zero-order chi connectivity index (χ0) is 47.9. The number of unbranched alkanes of at least 4 members (excludes halogenated alkanes) is 11. The Balaban J connectivity index is 1.23. The molecule has 0 bridgehead atoms. The molecule has 1 heterocycles. The third kappa shape index (κ3) is 14.1. The normalized spacial score (nSPS) is 18.0. The molecule has 6 aromatic rings. The molecule has 5 atom stereocenters. The molecule has 0 unspecified atom stereocenters. The largest absolute Gasteiger partial charge is 0.452 e. The molecular formula is C60H66O9. The van der Waals surface area contributed by atoms with Gasteiger partial charge in [0.25, 0.3) is 0 Å². The van der Waals surface area contributed by atoms with Gasteiger partial charge in [-0.05, 0) is 59.5 Å². The summed E-state index contributed by atoms with van der Waals surface area (Å²) >= 11 is 0. The smallest absolute Gasteiger partial charge is 0.338 e. The molecule has 0 saturated carbocycles. The average molecular weight is 931 g/mol. The van der Waals surface area contributed by atoms with Crippen LogP contribution in [-0.2, 0) is 34.0 Å². The molecule has 7 rings (SSSR count). The van der Waals surface area contributed by atoms with E-state index in [2.05, 4.69) is 6.92 Å². The Morgan fingerprint density at radius 2 is 0.754 bits per heavy atom. The molecule has 9 nitrogen and oxygen atoms in total. The number of carbonyl (C=O) groups excluding carboxylic acids is 3. The molecule has 1 aliphatic heterocycles. The summed E-state index contributed by atoms with van der Waals surface area (Å²) < 4.78 is 40.0. The van der Waals surface area contributed by atoms with Crippen molar-refractivity contribution in [2.75, 3.05) is 13.2 Å². The van der Waals surface area contributed by atoms with Crippen molar-refractivity contribution in [3.63, 3.8) is 0 Å². The predicted octanol–water partition coefficient (Wildman–Crippen LogP) is 13.1. The Morgan fingerprint density at radius 1 is 0.420 bits per heavy atom. The molecule has 0 spiro atoms. The van der Waals surface area contributed by atoms with E-state index in [-0.39, 0.29) is 29.9 Å². The van der Waals surface area contributed by atoms with Crippen LogP contribution < -0.4 is 0 Å². The number of hydrogen-bond acceptors (Lipinski definition) is 9. The van der Waals surface area contributed by atoms with Crippen molar-refractivity contribution in [2.45, 2.75) is 120 Å². The predicted molar refractivity (Wildman–Crippen MR) is 268 cm³/mol. The van der Waals surface area contributed by atoms with E-state index < -0.39 is 54.2 Å². The van der Waals surface area contributed by atoms with Crippen molar-refractivity contribution in [1.82, 2.24) is 0 Å². The van der Waals surface area contributed by atoms with Crippen molar-refractivity contribution >= 4 is 17.9 Å². The number of carbonyl (C=O) groups is 3. The zero-order valence-electron chi connectivity index (χ0n) is 39.8. The number of esters is 3. The second-order valence-corrected chi connectivity index (χ2v) is 17.6. The first-order valence-corrected chi connectivity index (χ1v) is 24.8. The van der Waals surface area contributed by atoms with Crippen LogP contribution >= 0.6 is 0 Å². The highest BCUT2D eigenvalue weighted by Gasteiger charge is 2.54. The van der Waals surface area contributed by atoms with Gasteiger partial charge in [0.1, 0.15) is 11.7 Å². The van der Waals surface area contributed by atoms with Crippen LogP contribution in [0.3, 0.4) is 0 Å². The van der Waals surface area contributed by atoms with E-state index >= 15 is 0 Å². The Bertz CT molecular complexity index is 2300. The Kier molecular flexibility index (Phi) is 19.7. The van der Waals surface area contributed by atoms with Gasteiger partial charge in [0.05, 0.1) is 23.3 Å². The van der Waals surface area contributed by atoms with Crippen molar-refractivity contribution in [1.29, 1.82) is 0 Å². The summed E-state index contributed by atoms with van der Waals surface area (Å²) in [6, 6.07) is 55.3. The van der Waals surface area contributed by atoms with Gasteiger partial charge < -0.3 is 28.4 Å². The standard InChI is InChI=1S/C60H66O9/c1-2-3-4-5-6-7-8-9-10-11-12-31-44-64-59-55(69-58(63)48-36-23-15-24-37-48)54(68-57(62)47-34-21-14-22-35-47)53(67-56(61)46-32-19-13-20-33-46)52(66-59)45-65-60(49-38-25-16-26-39-49,50-40-27-17-28-41-50)51-42-29-18-30-43-51/h13-30,32-43,52-55,59H,2-12,31,44-45H2,1H3/t52-,53-,54+,55-,59+/m1/s1. The average Bonchev–Trinajstić information content (AvgIpc) is 3.41. The van der Waals surface area contributed by atoms with Crippen LogP contribution in [0.4, 0.5) is 0 Å². The van der Waals surface area contributed by atoms with Crippen molar-refractivity contribution in [3.05, 3.63) is 215 Å². The van der Waals surface area contributed by atoms with E-state index in [9.17, 15) is 14.4 Å². The maximum atomic E-state index is 14.3. The van der Waals surface area contributed by atoms with Gasteiger partial charge >= 0.3 is 17.9 Å². The Morgan fingerprint density at radius 3 is 1.14 bits per heavy atom. The van der Waals surface area contributed by atoms with Gasteiger partial charge in [0, 0.05) is 6.61 Å². The van der Waals surface area contributed by atoms with E-state index in [0.29, 0.717) is 0 Å². The number of rotatable bonds is 26. The summed E-state index contributed by atoms with van der Waals surface area (Å²) in [5, 5.41) is 0. The Labute approximate surface area is 408 Å². The van der Waals surface area contributed by atoms with E-state index in [4.69, 9.17) is 28.4 Å². The third-order valence-corrected chi connectivity index (χ3v) is 12.6. The van der Waals surface area contributed by atoms with Crippen LogP contribution in [0.1, 0.15) is 132 Å². The lowest BCUT2D eigenvalue weighted by Crippen LogP contribution is -2.63. The van der Waals surface area contributed by atoms with E-state index in [1.54, 1.807) is 91.0 Å². The fourth-order valence-electron chi connectivity index (χ4n) is 8.96. The molecule has 0 amide bonds. The van der Waals surface area contributed by atoms with Crippen molar-refractivity contribution < 1.29 is 42.8 Å². The fourth-order valence-corrected chi connectivity index (χ4v) is 8.96. The molecule has 1 fully saturated rings. The quantitative estimate of drug-likeness (QED) is 0.0227. The van der Waals surface area contributed by atoms with Crippen molar-refractivity contribution in [3.8, 4) is 0 Å². The van der Waals surface area contributed by atoms with Gasteiger partial charge in [-0.1, -0.05) is 223 Å². The minimum Gasteiger partial charge on any atom is -0.452 e. The summed E-state index contributed by atoms with van der Waals surface area (Å²) in [6.07, 6.45) is 7.54. The first-order valence-electron chi connectivity index (χ1n) is 24.8. The SMILES string of the molecule is CCCCCCCCCCCCCCO[C@H]1O[C@H](COC(c2ccccc2)(c2ccccc2)c2ccccc2)[C@@H](OC(=O)c2ccccc2)[C@H](OC(=O)c2ccccc2)[C@H]1OC(=O)c1ccccc1. The van der Waals surface area contributed by atoms with Gasteiger partial charge in [-0.2, -0.15) is 0 Å². The van der Waals surface area contributed by atoms with Gasteiger partial charge in [0.2, 0.25) is 0 Å². The second-order valence-electron chi connectivity index (χ2n) is 17.6. The van der Waals surface area contributed by atoms with Gasteiger partial charge in [-0.15, -0.1) is 0 Å². The molecule has 0 N–H and O–H groups in total. The van der Waals surface area contributed by atoms with Crippen LogP contribution in [-0.4, -0.2) is 61.8 Å². The lowest BCUT2D eigenvalue weighted by molar-refractivity contribution is -0.303. The minimum atomic E-state index is -1.42. The van der Waals surface area contributed by atoms with Gasteiger partial charge in [-0.3, -0.25) is 0 Å². The molecule has 9 heteroatoms. The number of ether oxygens (including phenoxy) is 6. The highest BCUT2D eigenvalue weighted by molar-refractivity contribution is 5.91. The lowest BCUT2D eigenvalue weighted by Gasteiger charge is -2.45. The van der Waals surface area contributed by atoms with E-state index in [1.165, 1.54) is 51.4 Å². The molecule has 6 aromatic carbocycles. The summed E-state index contributed by atoms with van der Waals surface area (Å²) in [6.45, 7) is 2.32. The van der Waals surface area contributed by atoms with Crippen molar-refractivity contribution in [2.24, 2.45) is 0 Å². The lowest BCUT2D eigenvalue weighted by atomic mass is 9.80. The summed E-state index contributed by atoms with van der Waals surface area (Å²) in [5.41, 5.74) is 2.13. The maximum absolute atomic E-state index is 14.3. The van der Waals surface area contributed by atoms with Crippen LogP contribution in [0.15, 0.2) is 182 Å². The molecule has 1 aliphatic rings. The fraction of sp³-hybridized carbons (Fsp3) is 0.350. The molecule has 69 heavy (non-hydrogen) atoms. The van der Waals surface area contributed by atoms with Crippen LogP contribution in [0.5, 0.6) is 0 Å². The highest BCUT2D eigenvalue weighted by Crippen LogP contribution is 2.42. The molecule has 1 saturated heterocycles. The second kappa shape index (κ2) is 27.0. The highest BCUT2D eigenvalue weighted by atomic mass is 16.7. The van der Waals surface area contributed by atoms with Crippen LogP contribution in [0, 0.1) is 0 Å². The molecular weight excluding hydrogens is 865 g/mol. The Hall–Kier alpha value is -6.39. The first kappa shape index (κ1) is 50.5. The first-order chi connectivity index (χ1) is 34.0. The summed E-state index contributed by atoms with van der Waals surface area (Å²) in [5.74, 6) is -2.10. The number of hydrogen-bond donors (Lipinski definition) is 0.